The lowest BCUT2D eigenvalue weighted by Gasteiger charge is -2.31. The van der Waals surface area contributed by atoms with E-state index in [1.54, 1.807) is 0 Å². The molecule has 4 nitrogen and oxygen atoms in total. The van der Waals surface area contributed by atoms with Crippen molar-refractivity contribution in [2.45, 2.75) is 13.1 Å². The summed E-state index contributed by atoms with van der Waals surface area (Å²) in [6.07, 6.45) is 0. The third-order valence-corrected chi connectivity index (χ3v) is 21.0. The molecule has 392 valence electrons. The third-order valence-electron chi connectivity index (χ3n) is 17.5. The van der Waals surface area contributed by atoms with Gasteiger partial charge in [-0.15, -0.1) is 0 Å². The Morgan fingerprint density at radius 3 is 1.04 bits per heavy atom. The van der Waals surface area contributed by atoms with Gasteiger partial charge in [0.05, 0.1) is 33.4 Å². The van der Waals surface area contributed by atoms with Gasteiger partial charge in [-0.05, 0) is 152 Å². The lowest BCUT2D eigenvalue weighted by atomic mass is 10.0. The van der Waals surface area contributed by atoms with Crippen LogP contribution >= 0.6 is 0 Å². The molecule has 0 saturated carbocycles. The topological polar surface area (TPSA) is 16.3 Å². The zero-order valence-corrected chi connectivity index (χ0v) is 47.2. The van der Waals surface area contributed by atoms with E-state index in [2.05, 4.69) is 335 Å². The molecule has 0 aliphatic rings. The van der Waals surface area contributed by atoms with Crippen LogP contribution in [0.1, 0.15) is 0 Å². The Morgan fingerprint density at radius 1 is 0.241 bits per heavy atom. The van der Waals surface area contributed by atoms with E-state index in [9.17, 15) is 0 Å². The van der Waals surface area contributed by atoms with Crippen LogP contribution in [0.5, 0.6) is 0 Å². The van der Waals surface area contributed by atoms with Gasteiger partial charge in [0.25, 0.3) is 0 Å². The molecule has 0 spiro atoms. The van der Waals surface area contributed by atoms with E-state index in [0.29, 0.717) is 0 Å². The zero-order chi connectivity index (χ0) is 55.2. The van der Waals surface area contributed by atoms with Crippen molar-refractivity contribution in [1.82, 2.24) is 9.13 Å². The van der Waals surface area contributed by atoms with Crippen molar-refractivity contribution in [1.29, 1.82) is 0 Å². The van der Waals surface area contributed by atoms with Crippen LogP contribution in [0.4, 0.5) is 34.1 Å². The smallest absolute Gasteiger partial charge is 0.113 e. The second-order valence-electron chi connectivity index (χ2n) is 22.5. The summed E-state index contributed by atoms with van der Waals surface area (Å²) in [7, 11) is -2.52. The number of rotatable bonds is 10. The Hall–Kier alpha value is -10.5. The van der Waals surface area contributed by atoms with E-state index in [0.717, 1.165) is 45.5 Å². The molecule has 2 heterocycles. The van der Waals surface area contributed by atoms with Crippen LogP contribution in [0.3, 0.4) is 0 Å². The summed E-state index contributed by atoms with van der Waals surface area (Å²) in [4.78, 5) is 4.98. The summed E-state index contributed by atoms with van der Waals surface area (Å²) in [6, 6.07) is 112. The third kappa shape index (κ3) is 7.88. The highest BCUT2D eigenvalue weighted by molar-refractivity contribution is 7.03. The van der Waals surface area contributed by atoms with Gasteiger partial charge in [-0.1, -0.05) is 207 Å². The summed E-state index contributed by atoms with van der Waals surface area (Å²) in [6.45, 7) is 5.09. The summed E-state index contributed by atoms with van der Waals surface area (Å²) in [5.74, 6) is 0. The molecule has 0 aliphatic carbocycles. The highest BCUT2D eigenvalue weighted by Gasteiger charge is 2.32. The van der Waals surface area contributed by atoms with Crippen LogP contribution in [-0.4, -0.2) is 17.2 Å². The normalized spacial score (nSPS) is 12.0. The molecule has 83 heavy (non-hydrogen) atoms. The zero-order valence-electron chi connectivity index (χ0n) is 46.2. The fourth-order valence-corrected chi connectivity index (χ4v) is 16.7. The lowest BCUT2D eigenvalue weighted by Crippen LogP contribution is -2.53. The van der Waals surface area contributed by atoms with E-state index in [-0.39, 0.29) is 0 Å². The quantitative estimate of drug-likeness (QED) is 0.127. The SMILES string of the molecule is C[Si](C)(c1cccc2c(N(c3ccc4ccccc4c3)c3ccc4c(c3)c3ccccc3n4-c3ccccc3)cccc12)c1cccc2c(N(c3ccc4ccccc4c3)c3ccc4c(c3)c3ccccc3n4-c3ccccc3)cccc12. The van der Waals surface area contributed by atoms with Crippen molar-refractivity contribution in [3.8, 4) is 11.4 Å². The number of para-hydroxylation sites is 4. The Morgan fingerprint density at radius 2 is 0.578 bits per heavy atom. The van der Waals surface area contributed by atoms with Crippen LogP contribution in [0.25, 0.3) is 98.1 Å². The number of aromatic nitrogens is 2. The molecule has 0 amide bonds. The molecule has 16 rings (SSSR count). The van der Waals surface area contributed by atoms with Gasteiger partial charge in [-0.25, -0.2) is 0 Å². The predicted octanol–water partition coefficient (Wildman–Crippen LogP) is 20.3. The largest absolute Gasteiger partial charge is 0.310 e. The maximum absolute atomic E-state index is 2.55. The first kappa shape index (κ1) is 48.4. The van der Waals surface area contributed by atoms with E-state index in [1.165, 1.54) is 97.1 Å². The summed E-state index contributed by atoms with van der Waals surface area (Å²) in [5, 5.41) is 17.5. The highest BCUT2D eigenvalue weighted by Crippen LogP contribution is 2.45. The molecule has 0 radical (unpaired) electrons. The Labute approximate surface area is 483 Å². The Balaban J connectivity index is 0.863. The fourth-order valence-electron chi connectivity index (χ4n) is 13.6. The average molecular weight is 1080 g/mol. The molecule has 0 saturated heterocycles. The van der Waals surface area contributed by atoms with E-state index in [4.69, 9.17) is 0 Å². The van der Waals surface area contributed by atoms with Crippen molar-refractivity contribution >= 4 is 139 Å². The second-order valence-corrected chi connectivity index (χ2v) is 26.8. The minimum absolute atomic E-state index is 1.11. The lowest BCUT2D eigenvalue weighted by molar-refractivity contribution is 1.18. The van der Waals surface area contributed by atoms with Crippen molar-refractivity contribution in [2.24, 2.45) is 0 Å². The molecule has 0 N–H and O–H groups in total. The monoisotopic (exact) mass is 1080 g/mol. The molecule has 16 aromatic rings. The molecule has 14 aromatic carbocycles. The van der Waals surface area contributed by atoms with Gasteiger partial charge < -0.3 is 18.9 Å². The first-order valence-corrected chi connectivity index (χ1v) is 31.7. The molecule has 0 bridgehead atoms. The van der Waals surface area contributed by atoms with Crippen LogP contribution in [0.2, 0.25) is 13.1 Å². The van der Waals surface area contributed by atoms with Gasteiger partial charge in [0.15, 0.2) is 0 Å². The first-order valence-electron chi connectivity index (χ1n) is 28.7. The van der Waals surface area contributed by atoms with Crippen LogP contribution in [0.15, 0.2) is 303 Å². The Kier molecular flexibility index (Phi) is 11.3. The predicted molar refractivity (Wildman–Crippen MR) is 358 cm³/mol. The van der Waals surface area contributed by atoms with Gasteiger partial charge in [0.2, 0.25) is 0 Å². The van der Waals surface area contributed by atoms with Crippen LogP contribution in [0, 0.1) is 0 Å². The second kappa shape index (κ2) is 19.4. The summed E-state index contributed by atoms with van der Waals surface area (Å²) in [5.41, 5.74) is 13.8. The van der Waals surface area contributed by atoms with Crippen molar-refractivity contribution in [3.05, 3.63) is 303 Å². The average Bonchev–Trinajstić information content (AvgIpc) is 3.41. The number of hydrogen-bond donors (Lipinski definition) is 0. The van der Waals surface area contributed by atoms with Crippen LogP contribution < -0.4 is 20.2 Å². The van der Waals surface area contributed by atoms with E-state index in [1.807, 2.05) is 0 Å². The molecule has 0 atom stereocenters. The van der Waals surface area contributed by atoms with Crippen LogP contribution in [-0.2, 0) is 0 Å². The maximum atomic E-state index is 2.55. The minimum atomic E-state index is -2.52. The van der Waals surface area contributed by atoms with Gasteiger partial charge in [0, 0.05) is 66.4 Å². The Bertz CT molecular complexity index is 4890. The van der Waals surface area contributed by atoms with Crippen molar-refractivity contribution in [2.75, 3.05) is 9.80 Å². The molecule has 5 heteroatoms. The summed E-state index contributed by atoms with van der Waals surface area (Å²) >= 11 is 0. The first-order chi connectivity index (χ1) is 40.9. The van der Waals surface area contributed by atoms with Gasteiger partial charge in [-0.3, -0.25) is 0 Å². The van der Waals surface area contributed by atoms with E-state index >= 15 is 0 Å². The highest BCUT2D eigenvalue weighted by atomic mass is 28.3. The number of benzene rings is 14. The van der Waals surface area contributed by atoms with E-state index < -0.39 is 8.07 Å². The molecule has 0 unspecified atom stereocenters. The minimum Gasteiger partial charge on any atom is -0.310 e. The maximum Gasteiger partial charge on any atom is 0.113 e. The summed E-state index contributed by atoms with van der Waals surface area (Å²) < 4.78 is 4.79. The standard InChI is InChI=1S/C78H56N4Si/c1-83(2,77-39-19-31-63-67(77)33-17-37-71(63)79(59-43-41-53-21-9-11-23-55(53)49-59)61-45-47-75-69(51-61)65-29-13-15-35-73(65)81(75)57-25-5-3-6-26-57)78-40-20-32-64-68(78)34-18-38-72(64)80(60-44-42-54-22-10-12-24-56(54)50-60)62-46-48-76-70(52-62)66-30-14-16-36-74(66)82(76)58-27-7-4-8-28-58/h3-52H,1-2H3. The van der Waals surface area contributed by atoms with Crippen molar-refractivity contribution in [3.63, 3.8) is 0 Å². The molecular weight excluding hydrogens is 1020 g/mol. The number of anilines is 6. The number of nitrogens with zero attached hydrogens (tertiary/aromatic N) is 4. The van der Waals surface area contributed by atoms with Crippen molar-refractivity contribution < 1.29 is 0 Å². The molecule has 0 fully saturated rings. The fraction of sp³-hybridized carbons (Fsp3) is 0.0256. The van der Waals surface area contributed by atoms with Gasteiger partial charge in [0.1, 0.15) is 8.07 Å². The molecule has 0 aliphatic heterocycles. The number of fused-ring (bicyclic) bond motifs is 10. The molecule has 2 aromatic heterocycles. The van der Waals surface area contributed by atoms with Gasteiger partial charge >= 0.3 is 0 Å². The number of hydrogen-bond acceptors (Lipinski definition) is 2. The molecular formula is C78H56N4Si. The van der Waals surface area contributed by atoms with Gasteiger partial charge in [-0.2, -0.15) is 0 Å².